The summed E-state index contributed by atoms with van der Waals surface area (Å²) in [6.07, 6.45) is 3.48. The summed E-state index contributed by atoms with van der Waals surface area (Å²) in [6, 6.07) is 8.26. The zero-order valence-electron chi connectivity index (χ0n) is 7.33. The lowest BCUT2D eigenvalue weighted by molar-refractivity contribution is 1.57. The zero-order chi connectivity index (χ0) is 9.97. The number of nitrogens with one attached hydrogen (secondary N) is 1. The van der Waals surface area contributed by atoms with Crippen LogP contribution in [0, 0.1) is 5.41 Å². The van der Waals surface area contributed by atoms with Crippen molar-refractivity contribution in [2.75, 3.05) is 0 Å². The van der Waals surface area contributed by atoms with Gasteiger partial charge in [0.1, 0.15) is 0 Å². The highest BCUT2D eigenvalue weighted by Gasteiger charge is 2.06. The van der Waals surface area contributed by atoms with Gasteiger partial charge in [0.05, 0.1) is 4.88 Å². The fraction of sp³-hybridized carbons (Fsp3) is 0. The molecule has 1 aromatic heterocycles. The molecule has 70 valence electrons. The molecule has 3 heteroatoms. The van der Waals surface area contributed by atoms with Gasteiger partial charge in [0, 0.05) is 21.9 Å². The molecule has 1 heterocycles. The number of fused-ring (bicyclic) bond motifs is 1. The fourth-order valence-corrected chi connectivity index (χ4v) is 2.80. The smallest absolute Gasteiger partial charge is 0.0531 e. The largest absolute Gasteiger partial charge is 0.307 e. The maximum atomic E-state index is 7.34. The lowest BCUT2D eigenvalue weighted by atomic mass is 10.1. The maximum Gasteiger partial charge on any atom is 0.0531 e. The molecule has 0 fully saturated rings. The van der Waals surface area contributed by atoms with Crippen molar-refractivity contribution in [2.24, 2.45) is 0 Å². The SMILES string of the molecule is N=Cc1sc2ccccc2c1/C=C\I. The van der Waals surface area contributed by atoms with E-state index < -0.39 is 0 Å². The van der Waals surface area contributed by atoms with Gasteiger partial charge in [-0.05, 0) is 16.2 Å². The van der Waals surface area contributed by atoms with Crippen LogP contribution in [0.3, 0.4) is 0 Å². The minimum Gasteiger partial charge on any atom is -0.307 e. The second kappa shape index (κ2) is 4.23. The molecule has 0 atom stereocenters. The van der Waals surface area contributed by atoms with Gasteiger partial charge in [0.25, 0.3) is 0 Å². The minimum atomic E-state index is 1.03. The monoisotopic (exact) mass is 313 g/mol. The summed E-state index contributed by atoms with van der Waals surface area (Å²) in [5, 5.41) is 8.58. The second-order valence-electron chi connectivity index (χ2n) is 2.81. The van der Waals surface area contributed by atoms with Crippen molar-refractivity contribution >= 4 is 56.3 Å². The Morgan fingerprint density at radius 2 is 2.07 bits per heavy atom. The molecule has 2 rings (SSSR count). The minimum absolute atomic E-state index is 1.03. The van der Waals surface area contributed by atoms with Crippen LogP contribution in [0.4, 0.5) is 0 Å². The first-order chi connectivity index (χ1) is 6.86. The van der Waals surface area contributed by atoms with E-state index in [0.29, 0.717) is 0 Å². The van der Waals surface area contributed by atoms with Crippen LogP contribution in [-0.4, -0.2) is 6.21 Å². The lowest BCUT2D eigenvalue weighted by Crippen LogP contribution is -1.75. The first kappa shape index (κ1) is 9.86. The number of benzene rings is 1. The molecule has 2 aromatic rings. The van der Waals surface area contributed by atoms with Crippen molar-refractivity contribution in [1.29, 1.82) is 5.41 Å². The van der Waals surface area contributed by atoms with Crippen molar-refractivity contribution in [3.8, 4) is 0 Å². The molecule has 0 saturated heterocycles. The summed E-state index contributed by atoms with van der Waals surface area (Å²) < 4.78 is 3.23. The highest BCUT2D eigenvalue weighted by Crippen LogP contribution is 2.31. The van der Waals surface area contributed by atoms with Gasteiger partial charge < -0.3 is 5.41 Å². The number of halogens is 1. The normalized spacial score (nSPS) is 11.2. The number of rotatable bonds is 2. The van der Waals surface area contributed by atoms with E-state index in [1.54, 1.807) is 11.3 Å². The number of thiophene rings is 1. The van der Waals surface area contributed by atoms with E-state index >= 15 is 0 Å². The first-order valence-corrected chi connectivity index (χ1v) is 6.22. The van der Waals surface area contributed by atoms with Crippen molar-refractivity contribution < 1.29 is 0 Å². The Balaban J connectivity index is 2.80. The predicted molar refractivity (Wildman–Crippen MR) is 72.8 cm³/mol. The van der Waals surface area contributed by atoms with Crippen molar-refractivity contribution in [1.82, 2.24) is 0 Å². The molecule has 0 radical (unpaired) electrons. The topological polar surface area (TPSA) is 23.9 Å². The van der Waals surface area contributed by atoms with E-state index in [2.05, 4.69) is 40.8 Å². The van der Waals surface area contributed by atoms with E-state index in [1.807, 2.05) is 16.2 Å². The summed E-state index contributed by atoms with van der Waals surface area (Å²) in [5.41, 5.74) is 1.16. The van der Waals surface area contributed by atoms with Crippen molar-refractivity contribution in [3.63, 3.8) is 0 Å². The van der Waals surface area contributed by atoms with Crippen LogP contribution in [0.5, 0.6) is 0 Å². The van der Waals surface area contributed by atoms with Gasteiger partial charge in [-0.1, -0.05) is 40.8 Å². The Hall–Kier alpha value is -0.680. The first-order valence-electron chi connectivity index (χ1n) is 4.15. The molecule has 0 aliphatic rings. The van der Waals surface area contributed by atoms with E-state index in [9.17, 15) is 0 Å². The molecular formula is C11H8INS. The Bertz CT molecular complexity index is 499. The molecule has 0 aliphatic carbocycles. The Morgan fingerprint density at radius 3 is 2.79 bits per heavy atom. The van der Waals surface area contributed by atoms with E-state index in [1.165, 1.54) is 16.3 Å². The fourth-order valence-electron chi connectivity index (χ4n) is 1.43. The van der Waals surface area contributed by atoms with Gasteiger partial charge in [0.2, 0.25) is 0 Å². The molecule has 0 bridgehead atoms. The maximum absolute atomic E-state index is 7.34. The van der Waals surface area contributed by atoms with Crippen molar-refractivity contribution in [2.45, 2.75) is 0 Å². The van der Waals surface area contributed by atoms with Gasteiger partial charge in [-0.15, -0.1) is 11.3 Å². The molecule has 0 saturated carbocycles. The standard InChI is InChI=1S/C11H8INS/c12-6-5-9-8-3-1-2-4-10(8)14-11(9)7-13/h1-7,13H/b6-5-,13-7?. The predicted octanol–water partition coefficient (Wildman–Crippen LogP) is 4.30. The van der Waals surface area contributed by atoms with E-state index in [4.69, 9.17) is 5.41 Å². The average molecular weight is 313 g/mol. The molecule has 0 aliphatic heterocycles. The Morgan fingerprint density at radius 1 is 1.29 bits per heavy atom. The third-order valence-electron chi connectivity index (χ3n) is 2.02. The van der Waals surface area contributed by atoms with E-state index in [0.717, 1.165) is 10.4 Å². The quantitative estimate of drug-likeness (QED) is 0.631. The van der Waals surface area contributed by atoms with Crippen molar-refractivity contribution in [3.05, 3.63) is 38.8 Å². The van der Waals surface area contributed by atoms with E-state index in [-0.39, 0.29) is 0 Å². The van der Waals surface area contributed by atoms with Crippen LogP contribution in [0.25, 0.3) is 16.2 Å². The van der Waals surface area contributed by atoms with Gasteiger partial charge >= 0.3 is 0 Å². The third kappa shape index (κ3) is 1.62. The lowest BCUT2D eigenvalue weighted by Gasteiger charge is -1.91. The van der Waals surface area contributed by atoms with Crippen LogP contribution in [-0.2, 0) is 0 Å². The molecule has 1 aromatic carbocycles. The zero-order valence-corrected chi connectivity index (χ0v) is 10.3. The van der Waals surface area contributed by atoms with Crippen LogP contribution >= 0.6 is 33.9 Å². The van der Waals surface area contributed by atoms with Gasteiger partial charge in [-0.3, -0.25) is 0 Å². The van der Waals surface area contributed by atoms with Crippen LogP contribution in [0.15, 0.2) is 28.3 Å². The molecular weight excluding hydrogens is 305 g/mol. The average Bonchev–Trinajstić information content (AvgIpc) is 2.58. The van der Waals surface area contributed by atoms with Gasteiger partial charge in [-0.2, -0.15) is 0 Å². The summed E-state index contributed by atoms with van der Waals surface area (Å²) in [6.45, 7) is 0. The summed E-state index contributed by atoms with van der Waals surface area (Å²) >= 11 is 3.87. The third-order valence-corrected chi connectivity index (χ3v) is 3.52. The summed E-state index contributed by atoms with van der Waals surface area (Å²) in [7, 11) is 0. The van der Waals surface area contributed by atoms with Crippen LogP contribution in [0.2, 0.25) is 0 Å². The molecule has 0 unspecified atom stereocenters. The van der Waals surface area contributed by atoms with Crippen LogP contribution in [0.1, 0.15) is 10.4 Å². The Kier molecular flexibility index (Phi) is 2.98. The summed E-state index contributed by atoms with van der Waals surface area (Å²) in [5.74, 6) is 0. The number of hydrogen-bond donors (Lipinski definition) is 1. The molecule has 14 heavy (non-hydrogen) atoms. The second-order valence-corrected chi connectivity index (χ2v) is 4.62. The number of hydrogen-bond acceptors (Lipinski definition) is 2. The van der Waals surface area contributed by atoms with Crippen LogP contribution < -0.4 is 0 Å². The van der Waals surface area contributed by atoms with Gasteiger partial charge in [-0.25, -0.2) is 0 Å². The Labute approximate surface area is 100 Å². The highest BCUT2D eigenvalue weighted by molar-refractivity contribution is 14.1. The molecule has 0 amide bonds. The highest BCUT2D eigenvalue weighted by atomic mass is 127. The molecule has 1 N–H and O–H groups in total. The molecule has 0 spiro atoms. The molecule has 1 nitrogen and oxygen atoms in total. The summed E-state index contributed by atoms with van der Waals surface area (Å²) in [4.78, 5) is 1.03. The van der Waals surface area contributed by atoms with Gasteiger partial charge in [0.15, 0.2) is 0 Å².